The van der Waals surface area contributed by atoms with E-state index in [0.29, 0.717) is 5.95 Å². The highest BCUT2D eigenvalue weighted by atomic mass is 15.4. The van der Waals surface area contributed by atoms with E-state index in [-0.39, 0.29) is 0 Å². The molecule has 1 rings (SSSR count). The Morgan fingerprint density at radius 3 is 3.18 bits per heavy atom. The van der Waals surface area contributed by atoms with Gasteiger partial charge in [-0.15, -0.1) is 0 Å². The minimum atomic E-state index is 0.567. The molecule has 5 heteroatoms. The first-order valence-corrected chi connectivity index (χ1v) is 3.47. The van der Waals surface area contributed by atoms with Gasteiger partial charge in [-0.1, -0.05) is 6.92 Å². The largest absolute Gasteiger partial charge is 0.246 e. The summed E-state index contributed by atoms with van der Waals surface area (Å²) in [6, 6.07) is 0. The lowest BCUT2D eigenvalue weighted by Gasteiger charge is -1.94. The lowest BCUT2D eigenvalue weighted by atomic mass is 10.3. The molecule has 0 aliphatic carbocycles. The van der Waals surface area contributed by atoms with Gasteiger partial charge in [-0.05, 0) is 13.3 Å². The highest BCUT2D eigenvalue weighted by Gasteiger charge is 1.89. The van der Waals surface area contributed by atoms with E-state index in [4.69, 9.17) is 0 Å². The predicted octanol–water partition coefficient (Wildman–Crippen LogP) is 1.00. The van der Waals surface area contributed by atoms with Gasteiger partial charge in [-0.3, -0.25) is 0 Å². The molecule has 0 spiro atoms. The Kier molecular flexibility index (Phi) is 2.59. The molecule has 0 bridgehead atoms. The maximum Gasteiger partial charge on any atom is 0.239 e. The van der Waals surface area contributed by atoms with Crippen molar-refractivity contribution >= 4 is 11.7 Å². The molecular weight excluding hydrogens is 142 g/mol. The Bertz CT molecular complexity index is 225. The monoisotopic (exact) mass is 153 g/mol. The molecule has 0 atom stereocenters. The van der Waals surface area contributed by atoms with Crippen molar-refractivity contribution < 1.29 is 0 Å². The summed E-state index contributed by atoms with van der Waals surface area (Å²) in [5.41, 5.74) is 3.76. The summed E-state index contributed by atoms with van der Waals surface area (Å²) < 4.78 is 0. The van der Waals surface area contributed by atoms with E-state index in [0.717, 1.165) is 12.1 Å². The van der Waals surface area contributed by atoms with Crippen LogP contribution in [-0.2, 0) is 0 Å². The second-order valence-electron chi connectivity index (χ2n) is 2.15. The van der Waals surface area contributed by atoms with Gasteiger partial charge in [0.1, 0.15) is 6.33 Å². The number of aromatic nitrogens is 3. The van der Waals surface area contributed by atoms with Crippen molar-refractivity contribution in [1.82, 2.24) is 15.2 Å². The molecule has 0 radical (unpaired) electrons. The zero-order valence-electron chi connectivity index (χ0n) is 6.63. The van der Waals surface area contributed by atoms with E-state index >= 15 is 0 Å². The molecule has 1 heterocycles. The number of H-pyrrole nitrogens is 1. The van der Waals surface area contributed by atoms with Crippen LogP contribution >= 0.6 is 0 Å². The minimum Gasteiger partial charge on any atom is -0.246 e. The smallest absolute Gasteiger partial charge is 0.239 e. The summed E-state index contributed by atoms with van der Waals surface area (Å²) in [6.07, 6.45) is 2.36. The highest BCUT2D eigenvalue weighted by molar-refractivity contribution is 5.82. The van der Waals surface area contributed by atoms with Crippen molar-refractivity contribution in [2.75, 3.05) is 5.43 Å². The van der Waals surface area contributed by atoms with Crippen LogP contribution in [0.25, 0.3) is 0 Å². The van der Waals surface area contributed by atoms with Crippen LogP contribution in [0.1, 0.15) is 20.3 Å². The van der Waals surface area contributed by atoms with Crippen LogP contribution in [0.3, 0.4) is 0 Å². The number of hydrogen-bond acceptors (Lipinski definition) is 4. The van der Waals surface area contributed by atoms with Gasteiger partial charge in [-0.25, -0.2) is 10.5 Å². The first-order valence-electron chi connectivity index (χ1n) is 3.47. The molecule has 0 aliphatic heterocycles. The van der Waals surface area contributed by atoms with Crippen LogP contribution in [0.15, 0.2) is 11.4 Å². The van der Waals surface area contributed by atoms with E-state index in [2.05, 4.69) is 25.7 Å². The number of aromatic amines is 1. The SMILES string of the molecule is CC/C(C)=N/Nc1ncn[nH]1. The van der Waals surface area contributed by atoms with E-state index in [9.17, 15) is 0 Å². The fourth-order valence-electron chi connectivity index (χ4n) is 0.487. The Hall–Kier alpha value is -1.39. The molecule has 0 fully saturated rings. The molecule has 60 valence electrons. The van der Waals surface area contributed by atoms with Crippen LogP contribution in [0, 0.1) is 0 Å². The van der Waals surface area contributed by atoms with Crippen LogP contribution < -0.4 is 5.43 Å². The molecule has 0 amide bonds. The van der Waals surface area contributed by atoms with Gasteiger partial charge in [0.05, 0.1) is 0 Å². The van der Waals surface area contributed by atoms with Gasteiger partial charge in [-0.2, -0.15) is 15.2 Å². The van der Waals surface area contributed by atoms with Crippen LogP contribution in [0.2, 0.25) is 0 Å². The number of nitrogens with one attached hydrogen (secondary N) is 2. The van der Waals surface area contributed by atoms with Crippen LogP contribution in [0.4, 0.5) is 5.95 Å². The molecule has 0 saturated carbocycles. The van der Waals surface area contributed by atoms with Gasteiger partial charge in [0, 0.05) is 5.71 Å². The third-order valence-electron chi connectivity index (χ3n) is 1.28. The fourth-order valence-corrected chi connectivity index (χ4v) is 0.487. The van der Waals surface area contributed by atoms with Crippen molar-refractivity contribution in [3.63, 3.8) is 0 Å². The van der Waals surface area contributed by atoms with E-state index < -0.39 is 0 Å². The third kappa shape index (κ3) is 2.37. The summed E-state index contributed by atoms with van der Waals surface area (Å²) in [4.78, 5) is 3.84. The second-order valence-corrected chi connectivity index (χ2v) is 2.15. The second kappa shape index (κ2) is 3.70. The summed E-state index contributed by atoms with van der Waals surface area (Å²) in [6.45, 7) is 3.99. The van der Waals surface area contributed by atoms with Gasteiger partial charge in [0.25, 0.3) is 0 Å². The number of hydrogen-bond donors (Lipinski definition) is 2. The summed E-state index contributed by atoms with van der Waals surface area (Å²) in [5, 5.41) is 10.3. The zero-order valence-corrected chi connectivity index (χ0v) is 6.63. The average molecular weight is 153 g/mol. The Balaban J connectivity index is 2.45. The highest BCUT2D eigenvalue weighted by Crippen LogP contribution is 1.92. The molecule has 0 unspecified atom stereocenters. The zero-order chi connectivity index (χ0) is 8.10. The topological polar surface area (TPSA) is 66.0 Å². The summed E-state index contributed by atoms with van der Waals surface area (Å²) in [7, 11) is 0. The number of rotatable bonds is 3. The Morgan fingerprint density at radius 2 is 2.64 bits per heavy atom. The van der Waals surface area contributed by atoms with Gasteiger partial charge >= 0.3 is 0 Å². The first kappa shape index (κ1) is 7.71. The lowest BCUT2D eigenvalue weighted by molar-refractivity contribution is 1.07. The van der Waals surface area contributed by atoms with Crippen molar-refractivity contribution in [3.05, 3.63) is 6.33 Å². The first-order chi connectivity index (χ1) is 5.33. The Morgan fingerprint density at radius 1 is 1.82 bits per heavy atom. The number of hydrazone groups is 1. The van der Waals surface area contributed by atoms with Gasteiger partial charge in [0.2, 0.25) is 5.95 Å². The summed E-state index contributed by atoms with van der Waals surface area (Å²) in [5.74, 6) is 0.567. The molecular formula is C6H11N5. The van der Waals surface area contributed by atoms with E-state index in [1.807, 2.05) is 13.8 Å². The molecule has 0 aliphatic rings. The normalized spacial score (nSPS) is 11.6. The number of anilines is 1. The van der Waals surface area contributed by atoms with Gasteiger partial charge < -0.3 is 0 Å². The standard InChI is InChI=1S/C6H11N5/c1-3-5(2)9-11-6-7-4-8-10-6/h4H,3H2,1-2H3,(H2,7,8,10,11)/b9-5+. The quantitative estimate of drug-likeness (QED) is 0.503. The minimum absolute atomic E-state index is 0.567. The molecule has 1 aromatic rings. The van der Waals surface area contributed by atoms with E-state index in [1.165, 1.54) is 6.33 Å². The van der Waals surface area contributed by atoms with Crippen molar-refractivity contribution in [2.24, 2.45) is 5.10 Å². The van der Waals surface area contributed by atoms with Crippen molar-refractivity contribution in [2.45, 2.75) is 20.3 Å². The molecule has 11 heavy (non-hydrogen) atoms. The maximum atomic E-state index is 4.02. The van der Waals surface area contributed by atoms with Crippen molar-refractivity contribution in [1.29, 1.82) is 0 Å². The third-order valence-corrected chi connectivity index (χ3v) is 1.28. The number of nitrogens with zero attached hydrogens (tertiary/aromatic N) is 3. The van der Waals surface area contributed by atoms with Crippen molar-refractivity contribution in [3.8, 4) is 0 Å². The van der Waals surface area contributed by atoms with Gasteiger partial charge in [0.15, 0.2) is 0 Å². The fraction of sp³-hybridized carbons (Fsp3) is 0.500. The average Bonchev–Trinajstić information content (AvgIpc) is 2.52. The van der Waals surface area contributed by atoms with Crippen LogP contribution in [0.5, 0.6) is 0 Å². The lowest BCUT2D eigenvalue weighted by Crippen LogP contribution is -1.96. The molecule has 1 aromatic heterocycles. The maximum absolute atomic E-state index is 4.02. The van der Waals surface area contributed by atoms with Crippen LogP contribution in [-0.4, -0.2) is 20.9 Å². The summed E-state index contributed by atoms with van der Waals surface area (Å²) >= 11 is 0. The molecule has 2 N–H and O–H groups in total. The predicted molar refractivity (Wildman–Crippen MR) is 43.4 cm³/mol. The molecule has 5 nitrogen and oxygen atoms in total. The van der Waals surface area contributed by atoms with E-state index in [1.54, 1.807) is 0 Å². The molecule has 0 aromatic carbocycles. The Labute approximate surface area is 64.9 Å². The molecule has 0 saturated heterocycles.